The third-order valence-corrected chi connectivity index (χ3v) is 7.59. The predicted octanol–water partition coefficient (Wildman–Crippen LogP) is 3.23. The Labute approximate surface area is 197 Å². The summed E-state index contributed by atoms with van der Waals surface area (Å²) in [5, 5.41) is 3.14. The second kappa shape index (κ2) is 10.4. The highest BCUT2D eigenvalue weighted by atomic mass is 32.2. The van der Waals surface area contributed by atoms with Crippen molar-refractivity contribution in [1.29, 1.82) is 0 Å². The van der Waals surface area contributed by atoms with Crippen molar-refractivity contribution in [3.63, 3.8) is 0 Å². The Morgan fingerprint density at radius 2 is 1.82 bits per heavy atom. The summed E-state index contributed by atoms with van der Waals surface area (Å²) in [6, 6.07) is 4.58. The van der Waals surface area contributed by atoms with Gasteiger partial charge in [-0.2, -0.15) is 0 Å². The molecular weight excluding hydrogens is 468 g/mol. The number of rotatable bonds is 9. The lowest BCUT2D eigenvalue weighted by Gasteiger charge is -2.23. The molecule has 180 valence electrons. The molecule has 1 amide bonds. The van der Waals surface area contributed by atoms with Crippen LogP contribution in [0.2, 0.25) is 0 Å². The van der Waals surface area contributed by atoms with Gasteiger partial charge >= 0.3 is 5.97 Å². The van der Waals surface area contributed by atoms with Gasteiger partial charge in [0.05, 0.1) is 38.3 Å². The van der Waals surface area contributed by atoms with Crippen molar-refractivity contribution in [3.05, 3.63) is 34.2 Å². The monoisotopic (exact) mass is 496 g/mol. The Bertz CT molecular complexity index is 1140. The summed E-state index contributed by atoms with van der Waals surface area (Å²) in [5.74, 6) is -0.284. The third-order valence-electron chi connectivity index (χ3n) is 5.25. The van der Waals surface area contributed by atoms with Crippen molar-refractivity contribution in [3.8, 4) is 11.5 Å². The van der Waals surface area contributed by atoms with Crippen LogP contribution >= 0.6 is 11.3 Å². The van der Waals surface area contributed by atoms with Gasteiger partial charge in [-0.25, -0.2) is 13.2 Å². The fourth-order valence-electron chi connectivity index (χ4n) is 3.75. The number of nitrogens with zero attached hydrogens (tertiary/aromatic N) is 1. The summed E-state index contributed by atoms with van der Waals surface area (Å²) in [6.45, 7) is 1.47. The normalized spacial score (nSPS) is 13.1. The highest BCUT2D eigenvalue weighted by molar-refractivity contribution is 7.92. The van der Waals surface area contributed by atoms with Gasteiger partial charge in [0.1, 0.15) is 11.5 Å². The molecule has 1 aliphatic rings. The van der Waals surface area contributed by atoms with Crippen LogP contribution in [0.15, 0.2) is 18.2 Å². The Balaban J connectivity index is 1.89. The van der Waals surface area contributed by atoms with Gasteiger partial charge in [0.2, 0.25) is 15.9 Å². The smallest absolute Gasteiger partial charge is 0.341 e. The topological polar surface area (TPSA) is 111 Å². The van der Waals surface area contributed by atoms with Crippen LogP contribution in [0.25, 0.3) is 0 Å². The maximum atomic E-state index is 12.9. The molecule has 9 nitrogen and oxygen atoms in total. The Kier molecular flexibility index (Phi) is 7.85. The average molecular weight is 497 g/mol. The molecule has 0 unspecified atom stereocenters. The van der Waals surface area contributed by atoms with E-state index in [2.05, 4.69) is 5.32 Å². The maximum Gasteiger partial charge on any atom is 0.341 e. The molecule has 0 fully saturated rings. The van der Waals surface area contributed by atoms with Crippen LogP contribution in [0.1, 0.15) is 40.6 Å². The molecule has 0 atom stereocenters. The molecule has 0 spiro atoms. The number of sulfonamides is 1. The van der Waals surface area contributed by atoms with E-state index in [0.29, 0.717) is 22.1 Å². The van der Waals surface area contributed by atoms with E-state index in [1.807, 2.05) is 0 Å². The number of carbonyl (C=O) groups excluding carboxylic acids is 2. The minimum Gasteiger partial charge on any atom is -0.493 e. The maximum absolute atomic E-state index is 12.9. The molecule has 1 heterocycles. The number of thiophene rings is 1. The number of anilines is 2. The fraction of sp³-hybridized carbons (Fsp3) is 0.455. The molecule has 0 saturated carbocycles. The number of carbonyl (C=O) groups is 2. The first kappa shape index (κ1) is 24.8. The minimum absolute atomic E-state index is 0.220. The van der Waals surface area contributed by atoms with Crippen molar-refractivity contribution in [1.82, 2.24) is 0 Å². The quantitative estimate of drug-likeness (QED) is 0.531. The zero-order valence-electron chi connectivity index (χ0n) is 19.1. The number of hydrogen-bond donors (Lipinski definition) is 1. The minimum atomic E-state index is -3.80. The molecule has 0 radical (unpaired) electrons. The number of fused-ring (bicyclic) bond motifs is 1. The van der Waals surface area contributed by atoms with Gasteiger partial charge in [-0.15, -0.1) is 11.3 Å². The van der Waals surface area contributed by atoms with Gasteiger partial charge in [0, 0.05) is 10.9 Å². The zero-order valence-corrected chi connectivity index (χ0v) is 20.7. The summed E-state index contributed by atoms with van der Waals surface area (Å²) in [4.78, 5) is 26.6. The summed E-state index contributed by atoms with van der Waals surface area (Å²) >= 11 is 1.35. The van der Waals surface area contributed by atoms with Gasteiger partial charge in [-0.1, -0.05) is 0 Å². The SMILES string of the molecule is CCOC(=O)c1c(NC(=O)CN(c2ccc(OC)c(OC)c2)S(C)(=O)=O)sc2c1CCCC2. The van der Waals surface area contributed by atoms with Gasteiger partial charge in [0.25, 0.3) is 0 Å². The predicted molar refractivity (Wildman–Crippen MR) is 127 cm³/mol. The molecule has 3 rings (SSSR count). The lowest BCUT2D eigenvalue weighted by molar-refractivity contribution is -0.114. The van der Waals surface area contributed by atoms with Crippen LogP contribution in [0.4, 0.5) is 10.7 Å². The van der Waals surface area contributed by atoms with Crippen molar-refractivity contribution in [2.24, 2.45) is 0 Å². The summed E-state index contributed by atoms with van der Waals surface area (Å²) in [6.07, 6.45) is 4.58. The molecule has 33 heavy (non-hydrogen) atoms. The Morgan fingerprint density at radius 3 is 2.45 bits per heavy atom. The number of esters is 1. The number of hydrogen-bond acceptors (Lipinski definition) is 8. The van der Waals surface area contributed by atoms with Crippen LogP contribution in [0, 0.1) is 0 Å². The largest absolute Gasteiger partial charge is 0.493 e. The van der Waals surface area contributed by atoms with Crippen molar-refractivity contribution in [2.45, 2.75) is 32.6 Å². The van der Waals surface area contributed by atoms with E-state index in [0.717, 1.165) is 46.7 Å². The third kappa shape index (κ3) is 5.59. The lowest BCUT2D eigenvalue weighted by atomic mass is 9.95. The summed E-state index contributed by atoms with van der Waals surface area (Å²) in [5.41, 5.74) is 1.54. The highest BCUT2D eigenvalue weighted by Crippen LogP contribution is 2.39. The Hall–Kier alpha value is -2.79. The molecule has 1 aliphatic carbocycles. The second-order valence-electron chi connectivity index (χ2n) is 7.49. The number of benzene rings is 1. The molecule has 1 N–H and O–H groups in total. The van der Waals surface area contributed by atoms with E-state index in [9.17, 15) is 18.0 Å². The molecule has 0 saturated heterocycles. The molecular formula is C22H28N2O7S2. The number of amides is 1. The van der Waals surface area contributed by atoms with E-state index in [-0.39, 0.29) is 12.3 Å². The van der Waals surface area contributed by atoms with Gasteiger partial charge in [-0.3, -0.25) is 9.10 Å². The molecule has 1 aromatic carbocycles. The lowest BCUT2D eigenvalue weighted by Crippen LogP contribution is -2.37. The molecule has 0 aliphatic heterocycles. The van der Waals surface area contributed by atoms with Crippen molar-refractivity contribution in [2.75, 3.05) is 43.2 Å². The van der Waals surface area contributed by atoms with E-state index in [1.165, 1.54) is 37.7 Å². The molecule has 1 aromatic heterocycles. The zero-order chi connectivity index (χ0) is 24.2. The van der Waals surface area contributed by atoms with Gasteiger partial charge < -0.3 is 19.5 Å². The van der Waals surface area contributed by atoms with Crippen LogP contribution in [0.5, 0.6) is 11.5 Å². The first-order valence-electron chi connectivity index (χ1n) is 10.5. The van der Waals surface area contributed by atoms with Gasteiger partial charge in [0.15, 0.2) is 11.5 Å². The molecule has 11 heteroatoms. The molecule has 2 aromatic rings. The second-order valence-corrected chi connectivity index (χ2v) is 10.5. The summed E-state index contributed by atoms with van der Waals surface area (Å²) in [7, 11) is -0.887. The van der Waals surface area contributed by atoms with Gasteiger partial charge in [-0.05, 0) is 50.3 Å². The molecule has 0 bridgehead atoms. The summed E-state index contributed by atoms with van der Waals surface area (Å²) < 4.78 is 41.6. The van der Waals surface area contributed by atoms with Crippen molar-refractivity contribution >= 4 is 43.9 Å². The number of aryl methyl sites for hydroxylation is 1. The van der Waals surface area contributed by atoms with E-state index < -0.39 is 28.4 Å². The van der Waals surface area contributed by atoms with Crippen molar-refractivity contribution < 1.29 is 32.2 Å². The number of nitrogens with one attached hydrogen (secondary N) is 1. The van der Waals surface area contributed by atoms with Crippen LogP contribution in [-0.4, -0.2) is 53.9 Å². The average Bonchev–Trinajstić information content (AvgIpc) is 3.14. The van der Waals surface area contributed by atoms with E-state index >= 15 is 0 Å². The highest BCUT2D eigenvalue weighted by Gasteiger charge is 2.29. The van der Waals surface area contributed by atoms with E-state index in [1.54, 1.807) is 13.0 Å². The fourth-order valence-corrected chi connectivity index (χ4v) is 5.89. The Morgan fingerprint density at radius 1 is 1.12 bits per heavy atom. The van der Waals surface area contributed by atoms with Crippen LogP contribution in [0.3, 0.4) is 0 Å². The van der Waals surface area contributed by atoms with Crippen LogP contribution in [-0.2, 0) is 32.4 Å². The first-order chi connectivity index (χ1) is 15.7. The standard InChI is InChI=1S/C22H28N2O7S2/c1-5-31-22(26)20-15-8-6-7-9-18(15)32-21(20)23-19(25)13-24(33(4,27)28)14-10-11-16(29-2)17(12-14)30-3/h10-12H,5-9,13H2,1-4H3,(H,23,25). The number of methoxy groups -OCH3 is 2. The first-order valence-corrected chi connectivity index (χ1v) is 13.2. The van der Waals surface area contributed by atoms with Crippen LogP contribution < -0.4 is 19.1 Å². The number of ether oxygens (including phenoxy) is 3. The van der Waals surface area contributed by atoms with E-state index in [4.69, 9.17) is 14.2 Å².